The van der Waals surface area contributed by atoms with Crippen LogP contribution in [-0.2, 0) is 10.0 Å². The van der Waals surface area contributed by atoms with Crippen molar-refractivity contribution < 1.29 is 18.0 Å². The average molecular weight is 443 g/mol. The van der Waals surface area contributed by atoms with Crippen molar-refractivity contribution in [3.63, 3.8) is 0 Å². The predicted octanol–water partition coefficient (Wildman–Crippen LogP) is 2.65. The minimum atomic E-state index is -3.29. The van der Waals surface area contributed by atoms with E-state index in [9.17, 15) is 18.0 Å². The van der Waals surface area contributed by atoms with Crippen molar-refractivity contribution in [2.75, 3.05) is 35.0 Å². The Morgan fingerprint density at radius 3 is 2.35 bits per heavy atom. The Hall–Kier alpha value is -3.07. The van der Waals surface area contributed by atoms with Gasteiger partial charge in [-0.2, -0.15) is 0 Å². The molecule has 9 heteroatoms. The molecule has 2 aliphatic rings. The lowest BCUT2D eigenvalue weighted by atomic mass is 10.0. The summed E-state index contributed by atoms with van der Waals surface area (Å²) in [6, 6.07) is 15.9. The zero-order chi connectivity index (χ0) is 21.8. The molecule has 0 unspecified atom stereocenters. The first-order chi connectivity index (χ1) is 14.9. The Kier molecular flexibility index (Phi) is 6.13. The molecule has 4 rings (SSSR count). The monoisotopic (exact) mass is 442 g/mol. The third-order valence-electron chi connectivity index (χ3n) is 5.64. The Morgan fingerprint density at radius 1 is 0.935 bits per heavy atom. The summed E-state index contributed by atoms with van der Waals surface area (Å²) in [7, 11) is -3.29. The number of sulfonamides is 1. The largest absolute Gasteiger partial charge is 0.349 e. The number of carbonyl (C=O) groups is 2. The van der Waals surface area contributed by atoms with E-state index < -0.39 is 10.0 Å². The molecule has 0 saturated carbocycles. The molecule has 164 valence electrons. The number of benzene rings is 2. The smallest absolute Gasteiger partial charge is 0.321 e. The first-order valence-corrected chi connectivity index (χ1v) is 12.1. The topological polar surface area (TPSA) is 98.8 Å². The van der Waals surface area contributed by atoms with Gasteiger partial charge in [-0.05, 0) is 49.6 Å². The van der Waals surface area contributed by atoms with Crippen LogP contribution in [0.25, 0.3) is 0 Å². The molecular weight excluding hydrogens is 416 g/mol. The van der Waals surface area contributed by atoms with Crippen molar-refractivity contribution in [2.24, 2.45) is 0 Å². The molecule has 0 atom stereocenters. The minimum absolute atomic E-state index is 0.0348. The average Bonchev–Trinajstić information content (AvgIpc) is 3.14. The second-order valence-electron chi connectivity index (χ2n) is 7.82. The van der Waals surface area contributed by atoms with E-state index in [4.69, 9.17) is 0 Å². The van der Waals surface area contributed by atoms with E-state index in [1.54, 1.807) is 29.2 Å². The number of likely N-dealkylation sites (tertiary alicyclic amines) is 1. The fourth-order valence-corrected chi connectivity index (χ4v) is 5.51. The van der Waals surface area contributed by atoms with Crippen molar-refractivity contribution >= 4 is 33.3 Å². The van der Waals surface area contributed by atoms with E-state index in [1.165, 1.54) is 4.31 Å². The maximum absolute atomic E-state index is 12.7. The van der Waals surface area contributed by atoms with Gasteiger partial charge < -0.3 is 15.5 Å². The molecule has 0 bridgehead atoms. The normalized spacial score (nSPS) is 18.6. The van der Waals surface area contributed by atoms with Gasteiger partial charge in [-0.1, -0.05) is 24.3 Å². The highest BCUT2D eigenvalue weighted by Gasteiger charge is 2.29. The van der Waals surface area contributed by atoms with Crippen LogP contribution < -0.4 is 14.9 Å². The highest BCUT2D eigenvalue weighted by Crippen LogP contribution is 2.25. The number of hydrogen-bond acceptors (Lipinski definition) is 4. The molecule has 2 heterocycles. The first-order valence-electron chi connectivity index (χ1n) is 10.4. The van der Waals surface area contributed by atoms with E-state index in [-0.39, 0.29) is 23.7 Å². The summed E-state index contributed by atoms with van der Waals surface area (Å²) in [4.78, 5) is 26.9. The number of urea groups is 1. The lowest BCUT2D eigenvalue weighted by Crippen LogP contribution is -2.47. The van der Waals surface area contributed by atoms with Gasteiger partial charge in [0.2, 0.25) is 10.0 Å². The fourth-order valence-electron chi connectivity index (χ4n) is 3.95. The van der Waals surface area contributed by atoms with Gasteiger partial charge in [0, 0.05) is 36.9 Å². The van der Waals surface area contributed by atoms with Crippen molar-refractivity contribution in [2.45, 2.75) is 25.3 Å². The Morgan fingerprint density at radius 2 is 1.68 bits per heavy atom. The SMILES string of the molecule is O=C(NC1CCN(C(=O)Nc2ccccc2)CC1)c1cccc(N2CCCS2(=O)=O)c1. The summed E-state index contributed by atoms with van der Waals surface area (Å²) in [6.07, 6.45) is 1.91. The summed E-state index contributed by atoms with van der Waals surface area (Å²) in [5.41, 5.74) is 1.71. The molecule has 3 amide bonds. The number of amides is 3. The number of nitrogens with one attached hydrogen (secondary N) is 2. The van der Waals surface area contributed by atoms with Gasteiger partial charge in [0.25, 0.3) is 5.91 Å². The molecule has 0 spiro atoms. The van der Waals surface area contributed by atoms with E-state index in [1.807, 2.05) is 30.3 Å². The van der Waals surface area contributed by atoms with Crippen LogP contribution in [0.2, 0.25) is 0 Å². The van der Waals surface area contributed by atoms with Crippen LogP contribution in [0.4, 0.5) is 16.2 Å². The predicted molar refractivity (Wildman–Crippen MR) is 120 cm³/mol. The van der Waals surface area contributed by atoms with Crippen molar-refractivity contribution in [1.29, 1.82) is 0 Å². The van der Waals surface area contributed by atoms with Gasteiger partial charge in [-0.15, -0.1) is 0 Å². The quantitative estimate of drug-likeness (QED) is 0.760. The second-order valence-corrected chi connectivity index (χ2v) is 9.84. The van der Waals surface area contributed by atoms with Crippen LogP contribution in [-0.4, -0.2) is 56.7 Å². The van der Waals surface area contributed by atoms with E-state index in [0.717, 1.165) is 5.69 Å². The van der Waals surface area contributed by atoms with Crippen molar-refractivity contribution in [1.82, 2.24) is 10.2 Å². The van der Waals surface area contributed by atoms with Crippen LogP contribution in [0, 0.1) is 0 Å². The van der Waals surface area contributed by atoms with E-state index in [2.05, 4.69) is 10.6 Å². The molecule has 8 nitrogen and oxygen atoms in total. The Bertz CT molecular complexity index is 1050. The number of anilines is 2. The third-order valence-corrected chi connectivity index (χ3v) is 7.51. The van der Waals surface area contributed by atoms with Gasteiger partial charge in [0.15, 0.2) is 0 Å². The van der Waals surface area contributed by atoms with Crippen LogP contribution in [0.1, 0.15) is 29.6 Å². The molecule has 31 heavy (non-hydrogen) atoms. The van der Waals surface area contributed by atoms with Crippen LogP contribution in [0.3, 0.4) is 0 Å². The molecule has 0 aliphatic carbocycles. The summed E-state index contributed by atoms with van der Waals surface area (Å²) < 4.78 is 25.7. The van der Waals surface area contributed by atoms with Gasteiger partial charge in [0.05, 0.1) is 11.4 Å². The molecule has 2 aromatic rings. The number of piperidine rings is 1. The molecule has 2 fully saturated rings. The molecule has 2 N–H and O–H groups in total. The lowest BCUT2D eigenvalue weighted by Gasteiger charge is -2.32. The second kappa shape index (κ2) is 8.97. The molecule has 2 aromatic carbocycles. The molecule has 2 aliphatic heterocycles. The zero-order valence-corrected chi connectivity index (χ0v) is 18.0. The lowest BCUT2D eigenvalue weighted by molar-refractivity contribution is 0.0919. The Labute approximate surface area is 182 Å². The minimum Gasteiger partial charge on any atom is -0.349 e. The number of nitrogens with zero attached hydrogens (tertiary/aromatic N) is 2. The van der Waals surface area contributed by atoms with Crippen molar-refractivity contribution in [3.8, 4) is 0 Å². The first kappa shape index (κ1) is 21.2. The Balaban J connectivity index is 1.31. The number of carbonyl (C=O) groups excluding carboxylic acids is 2. The van der Waals surface area contributed by atoms with Gasteiger partial charge >= 0.3 is 6.03 Å². The maximum Gasteiger partial charge on any atom is 0.321 e. The summed E-state index contributed by atoms with van der Waals surface area (Å²) >= 11 is 0. The van der Waals surface area contributed by atoms with E-state index >= 15 is 0 Å². The van der Waals surface area contributed by atoms with Crippen molar-refractivity contribution in [3.05, 3.63) is 60.2 Å². The van der Waals surface area contributed by atoms with Crippen LogP contribution in [0.5, 0.6) is 0 Å². The van der Waals surface area contributed by atoms with Crippen LogP contribution in [0.15, 0.2) is 54.6 Å². The highest BCUT2D eigenvalue weighted by atomic mass is 32.2. The van der Waals surface area contributed by atoms with Gasteiger partial charge in [-0.3, -0.25) is 9.10 Å². The number of para-hydroxylation sites is 1. The van der Waals surface area contributed by atoms with Gasteiger partial charge in [0.1, 0.15) is 0 Å². The molecular formula is C22H26N4O4S. The van der Waals surface area contributed by atoms with Crippen LogP contribution >= 0.6 is 0 Å². The highest BCUT2D eigenvalue weighted by molar-refractivity contribution is 7.93. The van der Waals surface area contributed by atoms with Gasteiger partial charge in [-0.25, -0.2) is 13.2 Å². The molecule has 2 saturated heterocycles. The molecule has 0 aromatic heterocycles. The van der Waals surface area contributed by atoms with E-state index in [0.29, 0.717) is 50.1 Å². The maximum atomic E-state index is 12.7. The summed E-state index contributed by atoms with van der Waals surface area (Å²) in [6.45, 7) is 1.54. The summed E-state index contributed by atoms with van der Waals surface area (Å²) in [5.74, 6) is -0.0922. The number of hydrogen-bond donors (Lipinski definition) is 2. The standard InChI is InChI=1S/C22H26N4O4S/c27-21(17-6-4-9-20(16-17)26-12-5-15-31(26,29)30)23-19-10-13-25(14-11-19)22(28)24-18-7-2-1-3-8-18/h1-4,6-9,16,19H,5,10-15H2,(H,23,27)(H,24,28). The third kappa shape index (κ3) is 4.99. The fraction of sp³-hybridized carbons (Fsp3) is 0.364. The molecule has 0 radical (unpaired) electrons. The zero-order valence-electron chi connectivity index (χ0n) is 17.2. The number of rotatable bonds is 4. The summed E-state index contributed by atoms with van der Waals surface area (Å²) in [5, 5.41) is 5.90.